The van der Waals surface area contributed by atoms with Crippen molar-refractivity contribution in [2.75, 3.05) is 12.4 Å². The Kier molecular flexibility index (Phi) is 3.62. The fourth-order valence-electron chi connectivity index (χ4n) is 1.59. The molecule has 0 saturated carbocycles. The minimum atomic E-state index is -0.0764. The van der Waals surface area contributed by atoms with E-state index in [2.05, 4.69) is 15.5 Å². The summed E-state index contributed by atoms with van der Waals surface area (Å²) < 4.78 is 5.06. The van der Waals surface area contributed by atoms with Gasteiger partial charge in [0.15, 0.2) is 0 Å². The highest BCUT2D eigenvalue weighted by molar-refractivity contribution is 5.91. The molecule has 5 heteroatoms. The summed E-state index contributed by atoms with van der Waals surface area (Å²) in [4.78, 5) is 11.8. The van der Waals surface area contributed by atoms with E-state index < -0.39 is 0 Å². The molecule has 0 radical (unpaired) electrons. The monoisotopic (exact) mass is 245 g/mol. The first-order valence-corrected chi connectivity index (χ1v) is 5.62. The number of rotatable bonds is 4. The van der Waals surface area contributed by atoms with Crippen LogP contribution in [0.4, 0.5) is 5.82 Å². The minimum Gasteiger partial charge on any atom is -0.497 e. The van der Waals surface area contributed by atoms with Gasteiger partial charge in [0, 0.05) is 5.56 Å². The van der Waals surface area contributed by atoms with Crippen LogP contribution in [-0.4, -0.2) is 23.2 Å². The molecule has 0 fully saturated rings. The van der Waals surface area contributed by atoms with E-state index in [-0.39, 0.29) is 5.91 Å². The number of aryl methyl sites for hydroxylation is 1. The van der Waals surface area contributed by atoms with Gasteiger partial charge in [-0.15, -0.1) is 0 Å². The molecule has 0 spiro atoms. The van der Waals surface area contributed by atoms with E-state index in [1.165, 1.54) is 0 Å². The molecule has 1 amide bonds. The Morgan fingerprint density at radius 3 is 2.67 bits per heavy atom. The van der Waals surface area contributed by atoms with Crippen LogP contribution in [0.3, 0.4) is 0 Å². The zero-order valence-electron chi connectivity index (χ0n) is 10.4. The molecular formula is C13H15N3O2. The number of hydrogen-bond donors (Lipinski definition) is 2. The first-order valence-electron chi connectivity index (χ1n) is 5.62. The summed E-state index contributed by atoms with van der Waals surface area (Å²) in [5.41, 5.74) is 1.85. The van der Waals surface area contributed by atoms with Crippen LogP contribution < -0.4 is 10.1 Å². The lowest BCUT2D eigenvalue weighted by atomic mass is 10.1. The number of H-pyrrole nitrogens is 1. The van der Waals surface area contributed by atoms with Gasteiger partial charge in [-0.25, -0.2) is 0 Å². The molecule has 0 aliphatic heterocycles. The molecule has 2 N–H and O–H groups in total. The molecule has 0 unspecified atom stereocenters. The number of methoxy groups -OCH3 is 1. The smallest absolute Gasteiger partial charge is 0.229 e. The summed E-state index contributed by atoms with van der Waals surface area (Å²) in [6.45, 7) is 1.88. The molecule has 18 heavy (non-hydrogen) atoms. The number of hydrogen-bond acceptors (Lipinski definition) is 3. The fraction of sp³-hybridized carbons (Fsp3) is 0.231. The Morgan fingerprint density at radius 2 is 2.11 bits per heavy atom. The van der Waals surface area contributed by atoms with Crippen LogP contribution in [0.25, 0.3) is 0 Å². The largest absolute Gasteiger partial charge is 0.497 e. The molecule has 5 nitrogen and oxygen atoms in total. The molecule has 0 aliphatic carbocycles. The van der Waals surface area contributed by atoms with Crippen molar-refractivity contribution < 1.29 is 9.53 Å². The third kappa shape index (κ3) is 2.88. The van der Waals surface area contributed by atoms with Crippen LogP contribution in [0.5, 0.6) is 5.75 Å². The van der Waals surface area contributed by atoms with Gasteiger partial charge in [-0.05, 0) is 24.6 Å². The Morgan fingerprint density at radius 1 is 1.39 bits per heavy atom. The van der Waals surface area contributed by atoms with Crippen LogP contribution in [-0.2, 0) is 11.2 Å². The van der Waals surface area contributed by atoms with Crippen molar-refractivity contribution in [2.45, 2.75) is 13.3 Å². The van der Waals surface area contributed by atoms with Crippen molar-refractivity contribution in [1.82, 2.24) is 10.2 Å². The predicted octanol–water partition coefficient (Wildman–Crippen LogP) is 1.91. The van der Waals surface area contributed by atoms with E-state index in [1.54, 1.807) is 13.3 Å². The number of aromatic nitrogens is 2. The van der Waals surface area contributed by atoms with Crippen LogP contribution >= 0.6 is 0 Å². The molecule has 0 aliphatic rings. The van der Waals surface area contributed by atoms with E-state index in [9.17, 15) is 4.79 Å². The number of amides is 1. The Balaban J connectivity index is 1.96. The first kappa shape index (κ1) is 12.2. The van der Waals surface area contributed by atoms with Gasteiger partial charge in [-0.3, -0.25) is 9.89 Å². The normalized spacial score (nSPS) is 10.1. The maximum Gasteiger partial charge on any atom is 0.229 e. The summed E-state index contributed by atoms with van der Waals surface area (Å²) in [5, 5.41) is 9.37. The molecule has 1 heterocycles. The van der Waals surface area contributed by atoms with Crippen LogP contribution in [0.1, 0.15) is 11.1 Å². The molecule has 0 bridgehead atoms. The average Bonchev–Trinajstić information content (AvgIpc) is 2.76. The number of aromatic amines is 1. The van der Waals surface area contributed by atoms with Crippen LogP contribution in [0.2, 0.25) is 0 Å². The van der Waals surface area contributed by atoms with Crippen molar-refractivity contribution in [2.24, 2.45) is 0 Å². The quantitative estimate of drug-likeness (QED) is 0.864. The summed E-state index contributed by atoms with van der Waals surface area (Å²) in [6, 6.07) is 7.42. The topological polar surface area (TPSA) is 67.0 Å². The highest BCUT2D eigenvalue weighted by atomic mass is 16.5. The first-order chi connectivity index (χ1) is 8.69. The highest BCUT2D eigenvalue weighted by Gasteiger charge is 2.07. The average molecular weight is 245 g/mol. The SMILES string of the molecule is COc1ccc(CC(=O)Nc2[nH]ncc2C)cc1. The molecule has 94 valence electrons. The van der Waals surface area contributed by atoms with Gasteiger partial charge in [0.25, 0.3) is 0 Å². The number of carbonyl (C=O) groups excluding carboxylic acids is 1. The second-order valence-corrected chi connectivity index (χ2v) is 4.00. The number of nitrogens with one attached hydrogen (secondary N) is 2. The highest BCUT2D eigenvalue weighted by Crippen LogP contribution is 2.13. The lowest BCUT2D eigenvalue weighted by Crippen LogP contribution is -2.15. The van der Waals surface area contributed by atoms with Crippen molar-refractivity contribution in [3.8, 4) is 5.75 Å². The van der Waals surface area contributed by atoms with Gasteiger partial charge < -0.3 is 10.1 Å². The predicted molar refractivity (Wildman–Crippen MR) is 68.7 cm³/mol. The van der Waals surface area contributed by atoms with Gasteiger partial charge >= 0.3 is 0 Å². The molecule has 0 saturated heterocycles. The molecule has 1 aromatic heterocycles. The van der Waals surface area contributed by atoms with Crippen molar-refractivity contribution in [3.05, 3.63) is 41.6 Å². The molecule has 1 aromatic carbocycles. The standard InChI is InChI=1S/C13H15N3O2/c1-9-8-14-16-13(9)15-12(17)7-10-3-5-11(18-2)6-4-10/h3-6,8H,7H2,1-2H3,(H2,14,15,16,17). The molecule has 2 rings (SSSR count). The number of nitrogens with zero attached hydrogens (tertiary/aromatic N) is 1. The zero-order valence-corrected chi connectivity index (χ0v) is 10.4. The third-order valence-corrected chi connectivity index (χ3v) is 2.62. The van der Waals surface area contributed by atoms with Crippen molar-refractivity contribution in [1.29, 1.82) is 0 Å². The number of anilines is 1. The lowest BCUT2D eigenvalue weighted by Gasteiger charge is -2.05. The summed E-state index contributed by atoms with van der Waals surface area (Å²) >= 11 is 0. The Hall–Kier alpha value is -2.30. The second kappa shape index (κ2) is 5.35. The van der Waals surface area contributed by atoms with E-state index in [1.807, 2.05) is 31.2 Å². The maximum atomic E-state index is 11.8. The van der Waals surface area contributed by atoms with E-state index >= 15 is 0 Å². The van der Waals surface area contributed by atoms with Gasteiger partial charge in [-0.1, -0.05) is 12.1 Å². The van der Waals surface area contributed by atoms with Crippen LogP contribution in [0, 0.1) is 6.92 Å². The Labute approximate surface area is 105 Å². The fourth-order valence-corrected chi connectivity index (χ4v) is 1.59. The number of ether oxygens (including phenoxy) is 1. The Bertz CT molecular complexity index is 531. The van der Waals surface area contributed by atoms with Crippen molar-refractivity contribution >= 4 is 11.7 Å². The van der Waals surface area contributed by atoms with Gasteiger partial charge in [0.05, 0.1) is 19.7 Å². The van der Waals surface area contributed by atoms with Crippen molar-refractivity contribution in [3.63, 3.8) is 0 Å². The number of benzene rings is 1. The van der Waals surface area contributed by atoms with Crippen LogP contribution in [0.15, 0.2) is 30.5 Å². The summed E-state index contributed by atoms with van der Waals surface area (Å²) in [7, 11) is 1.61. The van der Waals surface area contributed by atoms with Gasteiger partial charge in [0.2, 0.25) is 5.91 Å². The van der Waals surface area contributed by atoms with E-state index in [0.717, 1.165) is 16.9 Å². The summed E-state index contributed by atoms with van der Waals surface area (Å²) in [5.74, 6) is 1.35. The second-order valence-electron chi connectivity index (χ2n) is 4.00. The van der Waals surface area contributed by atoms with E-state index in [4.69, 9.17) is 4.74 Å². The van der Waals surface area contributed by atoms with E-state index in [0.29, 0.717) is 12.2 Å². The minimum absolute atomic E-state index is 0.0764. The molecule has 2 aromatic rings. The number of carbonyl (C=O) groups is 1. The zero-order chi connectivity index (χ0) is 13.0. The molecular weight excluding hydrogens is 230 g/mol. The third-order valence-electron chi connectivity index (χ3n) is 2.62. The van der Waals surface area contributed by atoms with Gasteiger partial charge in [-0.2, -0.15) is 5.10 Å². The lowest BCUT2D eigenvalue weighted by molar-refractivity contribution is -0.115. The molecule has 0 atom stereocenters. The summed E-state index contributed by atoms with van der Waals surface area (Å²) in [6.07, 6.45) is 1.99. The van der Waals surface area contributed by atoms with Gasteiger partial charge in [0.1, 0.15) is 11.6 Å². The maximum absolute atomic E-state index is 11.8.